The highest BCUT2D eigenvalue weighted by Gasteiger charge is 2.35. The number of hydrogen-bond donors (Lipinski definition) is 0. The number of aromatic nitrogens is 2. The first-order valence-electron chi connectivity index (χ1n) is 8.74. The van der Waals surface area contributed by atoms with E-state index in [9.17, 15) is 9.59 Å². The van der Waals surface area contributed by atoms with Gasteiger partial charge in [-0.05, 0) is 37.8 Å². The zero-order chi connectivity index (χ0) is 18.3. The molecule has 26 heavy (non-hydrogen) atoms. The Labute approximate surface area is 160 Å². The summed E-state index contributed by atoms with van der Waals surface area (Å²) in [4.78, 5) is 28.3. The van der Waals surface area contributed by atoms with Crippen molar-refractivity contribution in [2.24, 2.45) is 0 Å². The van der Waals surface area contributed by atoms with Crippen LogP contribution in [0.4, 0.5) is 10.8 Å². The molecular weight excluding hydrogens is 368 g/mol. The Morgan fingerprint density at radius 3 is 2.81 bits per heavy atom. The molecule has 0 N–H and O–H groups in total. The van der Waals surface area contributed by atoms with Crippen LogP contribution in [0.5, 0.6) is 0 Å². The quantitative estimate of drug-likeness (QED) is 0.582. The minimum atomic E-state index is -0.256. The molecule has 1 aliphatic heterocycles. The van der Waals surface area contributed by atoms with Gasteiger partial charge in [-0.3, -0.25) is 14.5 Å². The van der Waals surface area contributed by atoms with Crippen molar-refractivity contribution in [1.82, 2.24) is 10.2 Å². The van der Waals surface area contributed by atoms with Crippen molar-refractivity contribution in [2.45, 2.75) is 48.7 Å². The minimum Gasteiger partial charge on any atom is -0.311 e. The Bertz CT molecular complexity index is 849. The molecule has 2 aromatic rings. The molecule has 0 bridgehead atoms. The van der Waals surface area contributed by atoms with Crippen LogP contribution in [-0.4, -0.2) is 39.8 Å². The molecule has 1 aromatic carbocycles. The van der Waals surface area contributed by atoms with Crippen LogP contribution in [0.1, 0.15) is 32.3 Å². The smallest absolute Gasteiger partial charge is 0.240 e. The second-order valence-electron chi connectivity index (χ2n) is 6.60. The van der Waals surface area contributed by atoms with Gasteiger partial charge in [-0.25, -0.2) is 0 Å². The highest BCUT2D eigenvalue weighted by molar-refractivity contribution is 8.02. The van der Waals surface area contributed by atoms with Gasteiger partial charge in [0.05, 0.1) is 5.25 Å². The molecule has 2 heterocycles. The third-order valence-electron chi connectivity index (χ3n) is 4.63. The molecule has 2 amide bonds. The molecule has 1 aromatic heterocycles. The Balaban J connectivity index is 1.45. The van der Waals surface area contributed by atoms with E-state index in [2.05, 4.69) is 16.3 Å². The minimum absolute atomic E-state index is 0.00185. The molecule has 6 nitrogen and oxygen atoms in total. The number of carbonyl (C=O) groups excluding carboxylic acids is 2. The number of anilines is 2. The fraction of sp³-hybridized carbons (Fsp3) is 0.444. The molecule has 2 aliphatic rings. The van der Waals surface area contributed by atoms with Gasteiger partial charge in [-0.2, -0.15) is 0 Å². The number of fused-ring (bicyclic) bond motifs is 1. The van der Waals surface area contributed by atoms with Gasteiger partial charge in [-0.15, -0.1) is 10.2 Å². The molecule has 0 saturated heterocycles. The number of amides is 2. The number of benzene rings is 1. The van der Waals surface area contributed by atoms with Gasteiger partial charge in [0.25, 0.3) is 0 Å². The summed E-state index contributed by atoms with van der Waals surface area (Å²) in [7, 11) is 0. The number of rotatable bonds is 5. The second kappa shape index (κ2) is 7.00. The zero-order valence-electron chi connectivity index (χ0n) is 14.7. The van der Waals surface area contributed by atoms with E-state index < -0.39 is 0 Å². The third-order valence-corrected chi connectivity index (χ3v) is 6.73. The van der Waals surface area contributed by atoms with Crippen molar-refractivity contribution in [2.75, 3.05) is 16.3 Å². The van der Waals surface area contributed by atoms with Gasteiger partial charge in [0.15, 0.2) is 4.34 Å². The van der Waals surface area contributed by atoms with Crippen LogP contribution in [-0.2, 0) is 16.0 Å². The van der Waals surface area contributed by atoms with E-state index in [1.54, 1.807) is 11.8 Å². The highest BCUT2D eigenvalue weighted by atomic mass is 32.2. The Kier molecular flexibility index (Phi) is 4.71. The summed E-state index contributed by atoms with van der Waals surface area (Å²) in [6.45, 7) is 4.19. The topological polar surface area (TPSA) is 66.4 Å². The van der Waals surface area contributed by atoms with Gasteiger partial charge in [-0.1, -0.05) is 41.3 Å². The Morgan fingerprint density at radius 1 is 1.31 bits per heavy atom. The standard InChI is InChI=1S/C18H20N4O2S2/c1-11(16(24)21-10-9-13-5-3-4-6-15(13)21)25-18-20-19-17(26-18)22(12(2)23)14-7-8-14/h3-6,11,14H,7-10H2,1-2H3. The van der Waals surface area contributed by atoms with Crippen LogP contribution >= 0.6 is 23.1 Å². The van der Waals surface area contributed by atoms with Crippen LogP contribution in [0.2, 0.25) is 0 Å². The van der Waals surface area contributed by atoms with Crippen molar-refractivity contribution in [3.8, 4) is 0 Å². The summed E-state index contributed by atoms with van der Waals surface area (Å²) in [5.41, 5.74) is 2.23. The first kappa shape index (κ1) is 17.5. The SMILES string of the molecule is CC(=O)N(c1nnc(SC(C)C(=O)N2CCc3ccccc32)s1)C1CC1. The van der Waals surface area contributed by atoms with E-state index in [-0.39, 0.29) is 23.1 Å². The average molecular weight is 389 g/mol. The molecule has 1 fully saturated rings. The largest absolute Gasteiger partial charge is 0.311 e. The summed E-state index contributed by atoms with van der Waals surface area (Å²) < 4.78 is 0.722. The van der Waals surface area contributed by atoms with Gasteiger partial charge in [0.2, 0.25) is 16.9 Å². The van der Waals surface area contributed by atoms with Gasteiger partial charge in [0, 0.05) is 25.2 Å². The lowest BCUT2D eigenvalue weighted by atomic mass is 10.2. The zero-order valence-corrected chi connectivity index (χ0v) is 16.3. The van der Waals surface area contributed by atoms with Crippen molar-refractivity contribution in [3.63, 3.8) is 0 Å². The second-order valence-corrected chi connectivity index (χ2v) is 9.14. The molecule has 4 rings (SSSR count). The number of hydrogen-bond acceptors (Lipinski definition) is 6. The van der Waals surface area contributed by atoms with Gasteiger partial charge in [0.1, 0.15) is 0 Å². The molecule has 0 spiro atoms. The lowest BCUT2D eigenvalue weighted by Gasteiger charge is -2.20. The lowest BCUT2D eigenvalue weighted by molar-refractivity contribution is -0.118. The predicted octanol–water partition coefficient (Wildman–Crippen LogP) is 3.12. The Morgan fingerprint density at radius 2 is 2.08 bits per heavy atom. The molecular formula is C18H20N4O2S2. The maximum Gasteiger partial charge on any atom is 0.240 e. The van der Waals surface area contributed by atoms with Crippen LogP contribution in [0.3, 0.4) is 0 Å². The van der Waals surface area contributed by atoms with Crippen molar-refractivity contribution < 1.29 is 9.59 Å². The van der Waals surface area contributed by atoms with Crippen molar-refractivity contribution in [3.05, 3.63) is 29.8 Å². The average Bonchev–Trinajstić information content (AvgIpc) is 3.18. The van der Waals surface area contributed by atoms with E-state index in [1.165, 1.54) is 28.7 Å². The number of carbonyl (C=O) groups is 2. The fourth-order valence-electron chi connectivity index (χ4n) is 3.22. The normalized spacial score (nSPS) is 17.1. The Hall–Kier alpha value is -1.93. The molecule has 8 heteroatoms. The molecule has 1 aliphatic carbocycles. The maximum atomic E-state index is 12.9. The third kappa shape index (κ3) is 3.35. The molecule has 136 valence electrons. The summed E-state index contributed by atoms with van der Waals surface area (Å²) in [6.07, 6.45) is 2.94. The molecule has 0 radical (unpaired) electrons. The van der Waals surface area contributed by atoms with E-state index in [0.717, 1.165) is 35.8 Å². The monoisotopic (exact) mass is 388 g/mol. The van der Waals surface area contributed by atoms with Crippen LogP contribution < -0.4 is 9.80 Å². The fourth-order valence-corrected chi connectivity index (χ4v) is 5.38. The molecule has 1 atom stereocenters. The molecule has 1 unspecified atom stereocenters. The highest BCUT2D eigenvalue weighted by Crippen LogP contribution is 2.37. The van der Waals surface area contributed by atoms with E-state index in [4.69, 9.17) is 0 Å². The van der Waals surface area contributed by atoms with Crippen LogP contribution in [0.25, 0.3) is 0 Å². The molecule has 1 saturated carbocycles. The predicted molar refractivity (Wildman–Crippen MR) is 104 cm³/mol. The van der Waals surface area contributed by atoms with Crippen molar-refractivity contribution >= 4 is 45.7 Å². The summed E-state index contributed by atoms with van der Waals surface area (Å²) in [5.74, 6) is 0.0836. The van der Waals surface area contributed by atoms with Crippen LogP contribution in [0.15, 0.2) is 28.6 Å². The number of thioether (sulfide) groups is 1. The lowest BCUT2D eigenvalue weighted by Crippen LogP contribution is -2.35. The van der Waals surface area contributed by atoms with Gasteiger partial charge < -0.3 is 4.90 Å². The van der Waals surface area contributed by atoms with E-state index in [1.807, 2.05) is 30.0 Å². The maximum absolute atomic E-state index is 12.9. The first-order valence-corrected chi connectivity index (χ1v) is 10.4. The number of nitrogens with zero attached hydrogens (tertiary/aromatic N) is 4. The van der Waals surface area contributed by atoms with Crippen LogP contribution in [0, 0.1) is 0 Å². The van der Waals surface area contributed by atoms with E-state index >= 15 is 0 Å². The van der Waals surface area contributed by atoms with Gasteiger partial charge >= 0.3 is 0 Å². The summed E-state index contributed by atoms with van der Waals surface area (Å²) in [6, 6.07) is 8.31. The summed E-state index contributed by atoms with van der Waals surface area (Å²) in [5, 5.41) is 8.74. The van der Waals surface area contributed by atoms with Crippen molar-refractivity contribution in [1.29, 1.82) is 0 Å². The first-order chi connectivity index (χ1) is 12.5. The summed E-state index contributed by atoms with van der Waals surface area (Å²) >= 11 is 2.80. The van der Waals surface area contributed by atoms with E-state index in [0.29, 0.717) is 5.13 Å². The number of para-hydroxylation sites is 1.